The van der Waals surface area contributed by atoms with Crippen LogP contribution in [0.5, 0.6) is 0 Å². The Labute approximate surface area is 96.1 Å². The standard InChI is InChI=1S/C5H9N7.H2O4S/c6-2-3(7)10-1-11-4(2)12-5(8)9;1-5(2,3)4/h1H,6H2,(H6,7,8,9,10,11,12);(H2,1,2,3,4). The van der Waals surface area contributed by atoms with Crippen LogP contribution in [0.1, 0.15) is 0 Å². The van der Waals surface area contributed by atoms with E-state index in [2.05, 4.69) is 15.0 Å². The molecule has 0 aliphatic heterocycles. The average Bonchev–Trinajstić information content (AvgIpc) is 2.09. The minimum absolute atomic E-state index is 0.125. The molecular formula is C5H11N7O4S. The summed E-state index contributed by atoms with van der Waals surface area (Å²) in [6, 6.07) is 0. The Morgan fingerprint density at radius 3 is 2.12 bits per heavy atom. The third-order valence-electron chi connectivity index (χ3n) is 1.13. The first-order chi connectivity index (χ1) is 7.61. The van der Waals surface area contributed by atoms with Crippen LogP contribution in [0.2, 0.25) is 0 Å². The molecule has 0 saturated carbocycles. The molecule has 0 bridgehead atoms. The predicted molar refractivity (Wildman–Crippen MR) is 60.5 cm³/mol. The largest absolute Gasteiger partial charge is 0.394 e. The topological polar surface area (TPSA) is 217 Å². The molecule has 0 aliphatic rings. The van der Waals surface area contributed by atoms with Crippen LogP contribution in [0.15, 0.2) is 11.3 Å². The number of nitrogens with zero attached hydrogens (tertiary/aromatic N) is 3. The van der Waals surface area contributed by atoms with Crippen molar-refractivity contribution in [1.82, 2.24) is 9.97 Å². The third-order valence-corrected chi connectivity index (χ3v) is 1.13. The highest BCUT2D eigenvalue weighted by atomic mass is 32.3. The van der Waals surface area contributed by atoms with E-state index in [0.29, 0.717) is 0 Å². The van der Waals surface area contributed by atoms with Gasteiger partial charge in [-0.3, -0.25) is 9.11 Å². The lowest BCUT2D eigenvalue weighted by atomic mass is 10.4. The zero-order valence-electron chi connectivity index (χ0n) is 8.35. The van der Waals surface area contributed by atoms with Crippen LogP contribution in [0.3, 0.4) is 0 Å². The molecule has 1 heterocycles. The fourth-order valence-corrected chi connectivity index (χ4v) is 0.611. The summed E-state index contributed by atoms with van der Waals surface area (Å²) in [7, 11) is -4.67. The first-order valence-corrected chi connectivity index (χ1v) is 5.16. The summed E-state index contributed by atoms with van der Waals surface area (Å²) in [4.78, 5) is 11.0. The van der Waals surface area contributed by atoms with Crippen LogP contribution >= 0.6 is 0 Å². The Morgan fingerprint density at radius 1 is 1.24 bits per heavy atom. The normalized spacial score (nSPS) is 10.0. The molecule has 0 atom stereocenters. The van der Waals surface area contributed by atoms with Crippen LogP contribution in [0.4, 0.5) is 17.3 Å². The van der Waals surface area contributed by atoms with Crippen LogP contribution in [0, 0.1) is 0 Å². The number of guanidine groups is 1. The Bertz CT molecular complexity index is 501. The van der Waals surface area contributed by atoms with E-state index in [1.807, 2.05) is 0 Å². The molecule has 10 N–H and O–H groups in total. The molecule has 12 heteroatoms. The number of anilines is 2. The Kier molecular flexibility index (Phi) is 5.04. The maximum Gasteiger partial charge on any atom is 0.394 e. The Morgan fingerprint density at radius 2 is 1.71 bits per heavy atom. The van der Waals surface area contributed by atoms with Gasteiger partial charge in [0.1, 0.15) is 12.0 Å². The molecule has 11 nitrogen and oxygen atoms in total. The van der Waals surface area contributed by atoms with Gasteiger partial charge in [-0.2, -0.15) is 13.4 Å². The van der Waals surface area contributed by atoms with Gasteiger partial charge in [0.15, 0.2) is 17.6 Å². The number of aliphatic imine (C=N–C) groups is 1. The minimum atomic E-state index is -4.67. The molecule has 0 spiro atoms. The Balaban J connectivity index is 0.000000437. The van der Waals surface area contributed by atoms with Gasteiger partial charge in [-0.05, 0) is 0 Å². The highest BCUT2D eigenvalue weighted by molar-refractivity contribution is 7.79. The summed E-state index contributed by atoms with van der Waals surface area (Å²) in [5.41, 5.74) is 21.2. The molecular weight excluding hydrogens is 254 g/mol. The third kappa shape index (κ3) is 7.71. The zero-order valence-corrected chi connectivity index (χ0v) is 9.16. The molecule has 0 aliphatic carbocycles. The maximum absolute atomic E-state index is 8.74. The zero-order chi connectivity index (χ0) is 13.6. The molecule has 96 valence electrons. The van der Waals surface area contributed by atoms with Gasteiger partial charge in [0.2, 0.25) is 0 Å². The van der Waals surface area contributed by atoms with Gasteiger partial charge < -0.3 is 22.9 Å². The van der Waals surface area contributed by atoms with E-state index in [1.165, 1.54) is 6.33 Å². The van der Waals surface area contributed by atoms with Crippen molar-refractivity contribution in [2.75, 3.05) is 11.5 Å². The molecule has 0 unspecified atom stereocenters. The van der Waals surface area contributed by atoms with E-state index < -0.39 is 10.4 Å². The molecule has 1 aromatic rings. The van der Waals surface area contributed by atoms with Crippen LogP contribution < -0.4 is 22.9 Å². The van der Waals surface area contributed by atoms with Crippen molar-refractivity contribution in [3.05, 3.63) is 6.33 Å². The summed E-state index contributed by atoms with van der Waals surface area (Å²) in [5, 5.41) is 0. The fraction of sp³-hybridized carbons (Fsp3) is 0. The van der Waals surface area contributed by atoms with Gasteiger partial charge in [0.05, 0.1) is 0 Å². The summed E-state index contributed by atoms with van der Waals surface area (Å²) < 4.78 is 31.6. The SMILES string of the molecule is NC(N)=Nc1ncnc(N)c1N.O=S(=O)(O)O. The van der Waals surface area contributed by atoms with Crippen molar-refractivity contribution < 1.29 is 17.5 Å². The van der Waals surface area contributed by atoms with Crippen LogP contribution in [0.25, 0.3) is 0 Å². The molecule has 0 radical (unpaired) electrons. The smallest absolute Gasteiger partial charge is 0.393 e. The Hall–Kier alpha value is -2.18. The van der Waals surface area contributed by atoms with Crippen molar-refractivity contribution in [1.29, 1.82) is 0 Å². The van der Waals surface area contributed by atoms with Crippen molar-refractivity contribution in [3.8, 4) is 0 Å². The lowest BCUT2D eigenvalue weighted by Gasteiger charge is -2.00. The highest BCUT2D eigenvalue weighted by Gasteiger charge is 2.02. The van der Waals surface area contributed by atoms with E-state index in [9.17, 15) is 0 Å². The average molecular weight is 265 g/mol. The molecule has 0 amide bonds. The fourth-order valence-electron chi connectivity index (χ4n) is 0.611. The van der Waals surface area contributed by atoms with Gasteiger partial charge in [-0.15, -0.1) is 0 Å². The van der Waals surface area contributed by atoms with Gasteiger partial charge >= 0.3 is 10.4 Å². The maximum atomic E-state index is 8.74. The van der Waals surface area contributed by atoms with Crippen molar-refractivity contribution in [2.24, 2.45) is 16.5 Å². The first kappa shape index (κ1) is 14.8. The molecule has 0 fully saturated rings. The molecule has 0 saturated heterocycles. The van der Waals surface area contributed by atoms with Gasteiger partial charge in [-0.25, -0.2) is 9.97 Å². The van der Waals surface area contributed by atoms with E-state index in [0.717, 1.165) is 0 Å². The summed E-state index contributed by atoms with van der Waals surface area (Å²) >= 11 is 0. The van der Waals surface area contributed by atoms with Crippen LogP contribution in [-0.4, -0.2) is 33.5 Å². The van der Waals surface area contributed by atoms with E-state index >= 15 is 0 Å². The summed E-state index contributed by atoms with van der Waals surface area (Å²) in [6.45, 7) is 0. The number of rotatable bonds is 1. The van der Waals surface area contributed by atoms with Gasteiger partial charge in [-0.1, -0.05) is 0 Å². The quantitative estimate of drug-likeness (QED) is 0.184. The van der Waals surface area contributed by atoms with E-state index in [4.69, 9.17) is 40.5 Å². The van der Waals surface area contributed by atoms with E-state index in [-0.39, 0.29) is 23.3 Å². The lowest BCUT2D eigenvalue weighted by molar-refractivity contribution is 0.381. The second kappa shape index (κ2) is 5.78. The van der Waals surface area contributed by atoms with Crippen molar-refractivity contribution in [2.45, 2.75) is 0 Å². The van der Waals surface area contributed by atoms with Gasteiger partial charge in [0.25, 0.3) is 0 Å². The predicted octanol–water partition coefficient (Wildman–Crippen LogP) is -2.11. The number of nitrogen functional groups attached to an aromatic ring is 2. The summed E-state index contributed by atoms with van der Waals surface area (Å²) in [6.07, 6.45) is 1.23. The number of hydrogen-bond donors (Lipinski definition) is 6. The monoisotopic (exact) mass is 265 g/mol. The lowest BCUT2D eigenvalue weighted by Crippen LogP contribution is -2.22. The van der Waals surface area contributed by atoms with Crippen LogP contribution in [-0.2, 0) is 10.4 Å². The second-order valence-electron chi connectivity index (χ2n) is 2.48. The highest BCUT2D eigenvalue weighted by Crippen LogP contribution is 2.21. The molecule has 1 rings (SSSR count). The first-order valence-electron chi connectivity index (χ1n) is 3.76. The van der Waals surface area contributed by atoms with E-state index in [1.54, 1.807) is 0 Å². The molecule has 0 aromatic carbocycles. The number of aromatic nitrogens is 2. The minimum Gasteiger partial charge on any atom is -0.393 e. The van der Waals surface area contributed by atoms with Gasteiger partial charge in [0, 0.05) is 0 Å². The number of nitrogens with two attached hydrogens (primary N) is 4. The van der Waals surface area contributed by atoms with Crippen molar-refractivity contribution >= 4 is 33.7 Å². The number of hydrogen-bond acceptors (Lipinski definition) is 7. The van der Waals surface area contributed by atoms with Crippen molar-refractivity contribution in [3.63, 3.8) is 0 Å². The molecule has 1 aromatic heterocycles. The second-order valence-corrected chi connectivity index (χ2v) is 3.38. The molecule has 17 heavy (non-hydrogen) atoms. The summed E-state index contributed by atoms with van der Waals surface area (Å²) in [5.74, 6) is 0.215.